The van der Waals surface area contributed by atoms with Crippen LogP contribution in [0.15, 0.2) is 24.3 Å². The van der Waals surface area contributed by atoms with E-state index in [0.717, 1.165) is 11.4 Å². The minimum Gasteiger partial charge on any atom is -0.497 e. The van der Waals surface area contributed by atoms with E-state index in [4.69, 9.17) is 9.47 Å². The van der Waals surface area contributed by atoms with Gasteiger partial charge in [-0.3, -0.25) is 0 Å². The van der Waals surface area contributed by atoms with Crippen LogP contribution in [0.1, 0.15) is 27.7 Å². The molecule has 0 aromatic heterocycles. The molecular weight excluding hydrogens is 256 g/mol. The molecule has 0 fully saturated rings. The van der Waals surface area contributed by atoms with E-state index in [1.165, 1.54) is 0 Å². The molecule has 2 N–H and O–H groups in total. The van der Waals surface area contributed by atoms with Crippen molar-refractivity contribution in [2.45, 2.75) is 39.3 Å². The summed E-state index contributed by atoms with van der Waals surface area (Å²) in [6.07, 6.45) is -0.406. The number of alkyl carbamates (subject to hydrolysis) is 1. The maximum absolute atomic E-state index is 11.5. The lowest BCUT2D eigenvalue weighted by atomic mass is 10.2. The number of hydrogen-bond acceptors (Lipinski definition) is 4. The van der Waals surface area contributed by atoms with Crippen LogP contribution in [0.4, 0.5) is 10.5 Å². The van der Waals surface area contributed by atoms with Crippen molar-refractivity contribution in [3.8, 4) is 5.75 Å². The van der Waals surface area contributed by atoms with Crippen LogP contribution in [-0.4, -0.2) is 31.4 Å². The molecule has 5 heteroatoms. The molecule has 1 aromatic rings. The Hall–Kier alpha value is -1.91. The van der Waals surface area contributed by atoms with E-state index < -0.39 is 11.7 Å². The molecule has 1 amide bonds. The van der Waals surface area contributed by atoms with Gasteiger partial charge in [0.05, 0.1) is 7.11 Å². The molecule has 1 unspecified atom stereocenters. The highest BCUT2D eigenvalue weighted by Gasteiger charge is 2.16. The maximum Gasteiger partial charge on any atom is 0.407 e. The zero-order valence-corrected chi connectivity index (χ0v) is 12.8. The van der Waals surface area contributed by atoms with Gasteiger partial charge in [-0.1, -0.05) is 6.07 Å². The van der Waals surface area contributed by atoms with E-state index in [1.807, 2.05) is 52.0 Å². The molecule has 0 bridgehead atoms. The second-order valence-corrected chi connectivity index (χ2v) is 5.66. The molecule has 1 rings (SSSR count). The number of nitrogens with one attached hydrogen (secondary N) is 2. The van der Waals surface area contributed by atoms with Gasteiger partial charge < -0.3 is 20.1 Å². The molecule has 0 aliphatic rings. The third kappa shape index (κ3) is 6.31. The molecule has 1 atom stereocenters. The van der Waals surface area contributed by atoms with Gasteiger partial charge in [-0.2, -0.15) is 0 Å². The second-order valence-electron chi connectivity index (χ2n) is 5.66. The van der Waals surface area contributed by atoms with Crippen LogP contribution in [0.3, 0.4) is 0 Å². The third-order valence-electron chi connectivity index (χ3n) is 2.43. The van der Waals surface area contributed by atoms with Gasteiger partial charge in [0.15, 0.2) is 0 Å². The van der Waals surface area contributed by atoms with E-state index in [2.05, 4.69) is 10.6 Å². The Bertz CT molecular complexity index is 441. The first-order valence-corrected chi connectivity index (χ1v) is 6.67. The van der Waals surface area contributed by atoms with Gasteiger partial charge >= 0.3 is 6.09 Å². The van der Waals surface area contributed by atoms with Crippen molar-refractivity contribution in [2.24, 2.45) is 0 Å². The maximum atomic E-state index is 11.5. The van der Waals surface area contributed by atoms with Crippen molar-refractivity contribution < 1.29 is 14.3 Å². The number of carbonyl (C=O) groups is 1. The molecule has 0 aliphatic carbocycles. The lowest BCUT2D eigenvalue weighted by Gasteiger charge is -2.21. The summed E-state index contributed by atoms with van der Waals surface area (Å²) in [6.45, 7) is 7.97. The largest absolute Gasteiger partial charge is 0.497 e. The fourth-order valence-electron chi connectivity index (χ4n) is 1.60. The van der Waals surface area contributed by atoms with Crippen molar-refractivity contribution in [1.29, 1.82) is 0 Å². The molecule has 0 heterocycles. The molecule has 0 spiro atoms. The molecule has 112 valence electrons. The van der Waals surface area contributed by atoms with Crippen molar-refractivity contribution in [1.82, 2.24) is 5.32 Å². The quantitative estimate of drug-likeness (QED) is 0.870. The normalized spacial score (nSPS) is 12.4. The standard InChI is InChI=1S/C15H24N2O3/c1-11(10-16-14(18)20-15(2,3)4)17-12-7-6-8-13(9-12)19-5/h6-9,11,17H,10H2,1-5H3,(H,16,18). The number of ether oxygens (including phenoxy) is 2. The van der Waals surface area contributed by atoms with Crippen LogP contribution in [0, 0.1) is 0 Å². The fraction of sp³-hybridized carbons (Fsp3) is 0.533. The number of anilines is 1. The van der Waals surface area contributed by atoms with Gasteiger partial charge in [-0.15, -0.1) is 0 Å². The highest BCUT2D eigenvalue weighted by molar-refractivity contribution is 5.67. The summed E-state index contributed by atoms with van der Waals surface area (Å²) in [5.74, 6) is 0.794. The van der Waals surface area contributed by atoms with Gasteiger partial charge in [-0.05, 0) is 39.8 Å². The van der Waals surface area contributed by atoms with Gasteiger partial charge in [0.2, 0.25) is 0 Å². The van der Waals surface area contributed by atoms with Crippen LogP contribution < -0.4 is 15.4 Å². The minimum atomic E-state index is -0.479. The van der Waals surface area contributed by atoms with Crippen molar-refractivity contribution >= 4 is 11.8 Å². The molecule has 0 saturated heterocycles. The fourth-order valence-corrected chi connectivity index (χ4v) is 1.60. The van der Waals surface area contributed by atoms with Crippen LogP contribution in [0.25, 0.3) is 0 Å². The van der Waals surface area contributed by atoms with Crippen LogP contribution in [0.5, 0.6) is 5.75 Å². The molecular formula is C15H24N2O3. The lowest BCUT2D eigenvalue weighted by molar-refractivity contribution is 0.0526. The lowest BCUT2D eigenvalue weighted by Crippen LogP contribution is -2.38. The number of benzene rings is 1. The number of methoxy groups -OCH3 is 1. The Labute approximate surface area is 120 Å². The average Bonchev–Trinajstić information content (AvgIpc) is 2.34. The Morgan fingerprint density at radius 2 is 2.05 bits per heavy atom. The summed E-state index contributed by atoms with van der Waals surface area (Å²) in [6, 6.07) is 7.73. The van der Waals surface area contributed by atoms with E-state index in [1.54, 1.807) is 7.11 Å². The molecule has 0 saturated carbocycles. The van der Waals surface area contributed by atoms with Crippen molar-refractivity contribution in [3.63, 3.8) is 0 Å². The Kier molecular flexibility index (Phi) is 5.67. The van der Waals surface area contributed by atoms with Crippen LogP contribution in [0.2, 0.25) is 0 Å². The predicted octanol–water partition coefficient (Wildman–Crippen LogP) is 3.02. The Morgan fingerprint density at radius 1 is 1.35 bits per heavy atom. The van der Waals surface area contributed by atoms with Gasteiger partial charge in [0, 0.05) is 24.3 Å². The summed E-state index contributed by atoms with van der Waals surface area (Å²) in [7, 11) is 1.63. The summed E-state index contributed by atoms with van der Waals surface area (Å²) in [5, 5.41) is 6.02. The first kappa shape index (κ1) is 16.1. The molecule has 0 radical (unpaired) electrons. The van der Waals surface area contributed by atoms with Crippen molar-refractivity contribution in [3.05, 3.63) is 24.3 Å². The number of hydrogen-bond donors (Lipinski definition) is 2. The van der Waals surface area contributed by atoms with Gasteiger partial charge in [-0.25, -0.2) is 4.79 Å². The first-order valence-electron chi connectivity index (χ1n) is 6.67. The van der Waals surface area contributed by atoms with Gasteiger partial charge in [0.25, 0.3) is 0 Å². The van der Waals surface area contributed by atoms with Gasteiger partial charge in [0.1, 0.15) is 11.4 Å². The van der Waals surface area contributed by atoms with Crippen molar-refractivity contribution in [2.75, 3.05) is 19.0 Å². The number of rotatable bonds is 5. The highest BCUT2D eigenvalue weighted by atomic mass is 16.6. The Morgan fingerprint density at radius 3 is 2.65 bits per heavy atom. The minimum absolute atomic E-state index is 0.0784. The van der Waals surface area contributed by atoms with Crippen LogP contribution in [-0.2, 0) is 4.74 Å². The summed E-state index contributed by atoms with van der Waals surface area (Å²) in [4.78, 5) is 11.5. The van der Waals surface area contributed by atoms with E-state index in [9.17, 15) is 4.79 Å². The molecule has 20 heavy (non-hydrogen) atoms. The SMILES string of the molecule is COc1cccc(NC(C)CNC(=O)OC(C)(C)C)c1. The third-order valence-corrected chi connectivity index (χ3v) is 2.43. The molecule has 0 aliphatic heterocycles. The second kappa shape index (κ2) is 7.03. The average molecular weight is 280 g/mol. The monoisotopic (exact) mass is 280 g/mol. The zero-order chi connectivity index (χ0) is 15.2. The highest BCUT2D eigenvalue weighted by Crippen LogP contribution is 2.17. The van der Waals surface area contributed by atoms with Crippen LogP contribution >= 0.6 is 0 Å². The first-order chi connectivity index (χ1) is 9.30. The predicted molar refractivity (Wildman–Crippen MR) is 80.3 cm³/mol. The molecule has 5 nitrogen and oxygen atoms in total. The summed E-state index contributed by atoms with van der Waals surface area (Å²) >= 11 is 0. The van der Waals surface area contributed by atoms with E-state index in [-0.39, 0.29) is 6.04 Å². The Balaban J connectivity index is 2.40. The smallest absolute Gasteiger partial charge is 0.407 e. The van der Waals surface area contributed by atoms with E-state index >= 15 is 0 Å². The van der Waals surface area contributed by atoms with E-state index in [0.29, 0.717) is 6.54 Å². The number of amides is 1. The number of carbonyl (C=O) groups excluding carboxylic acids is 1. The molecule has 1 aromatic carbocycles. The summed E-state index contributed by atoms with van der Waals surface area (Å²) in [5.41, 5.74) is 0.468. The topological polar surface area (TPSA) is 59.6 Å². The summed E-state index contributed by atoms with van der Waals surface area (Å²) < 4.78 is 10.3. The zero-order valence-electron chi connectivity index (χ0n) is 12.8.